The van der Waals surface area contributed by atoms with Crippen LogP contribution in [0.3, 0.4) is 0 Å². The maximum atomic E-state index is 11.7. The van der Waals surface area contributed by atoms with Crippen molar-refractivity contribution in [2.45, 2.75) is 4.90 Å². The second-order valence-corrected chi connectivity index (χ2v) is 5.85. The van der Waals surface area contributed by atoms with Crippen LogP contribution in [0.15, 0.2) is 53.7 Å². The van der Waals surface area contributed by atoms with Gasteiger partial charge in [-0.15, -0.1) is 11.8 Å². The number of pyridine rings is 1. The molecule has 0 aliphatic heterocycles. The van der Waals surface area contributed by atoms with E-state index in [0.29, 0.717) is 21.7 Å². The predicted molar refractivity (Wildman–Crippen MR) is 86.6 cm³/mol. The molecule has 0 amide bonds. The molecule has 0 unspecified atom stereocenters. The molecule has 0 saturated carbocycles. The Hall–Kier alpha value is -1.91. The van der Waals surface area contributed by atoms with Gasteiger partial charge in [-0.05, 0) is 42.2 Å². The van der Waals surface area contributed by atoms with Gasteiger partial charge in [0.25, 0.3) is 0 Å². The SMILES string of the molecule is CSc1ccc(Cl)cc1-c1cn2ccccc2c1C(=O)O. The summed E-state index contributed by atoms with van der Waals surface area (Å²) in [6.45, 7) is 0. The van der Waals surface area contributed by atoms with Crippen molar-refractivity contribution >= 4 is 34.8 Å². The average Bonchev–Trinajstić information content (AvgIpc) is 2.86. The summed E-state index contributed by atoms with van der Waals surface area (Å²) >= 11 is 7.66. The average molecular weight is 318 g/mol. The van der Waals surface area contributed by atoms with Gasteiger partial charge in [-0.1, -0.05) is 17.7 Å². The van der Waals surface area contributed by atoms with Crippen molar-refractivity contribution in [3.8, 4) is 11.1 Å². The van der Waals surface area contributed by atoms with Crippen LogP contribution < -0.4 is 0 Å². The summed E-state index contributed by atoms with van der Waals surface area (Å²) in [4.78, 5) is 12.7. The highest BCUT2D eigenvalue weighted by Crippen LogP contribution is 2.36. The molecule has 2 heterocycles. The maximum Gasteiger partial charge on any atom is 0.338 e. The van der Waals surface area contributed by atoms with E-state index in [4.69, 9.17) is 11.6 Å². The first-order valence-electron chi connectivity index (χ1n) is 6.28. The molecule has 1 aromatic carbocycles. The minimum atomic E-state index is -0.939. The van der Waals surface area contributed by atoms with Crippen molar-refractivity contribution in [2.24, 2.45) is 0 Å². The number of fused-ring (bicyclic) bond motifs is 1. The molecular weight excluding hydrogens is 306 g/mol. The third kappa shape index (κ3) is 2.41. The number of nitrogens with zero attached hydrogens (tertiary/aromatic N) is 1. The van der Waals surface area contributed by atoms with Crippen molar-refractivity contribution < 1.29 is 9.90 Å². The highest BCUT2D eigenvalue weighted by molar-refractivity contribution is 7.98. The largest absolute Gasteiger partial charge is 0.478 e. The highest BCUT2D eigenvalue weighted by Gasteiger charge is 2.20. The molecule has 0 spiro atoms. The minimum Gasteiger partial charge on any atom is -0.478 e. The first kappa shape index (κ1) is 14.0. The predicted octanol–water partition coefficient (Wildman–Crippen LogP) is 4.68. The highest BCUT2D eigenvalue weighted by atomic mass is 35.5. The molecule has 0 bridgehead atoms. The lowest BCUT2D eigenvalue weighted by atomic mass is 10.0. The number of halogens is 1. The van der Waals surface area contributed by atoms with Crippen molar-refractivity contribution in [3.05, 3.63) is 59.4 Å². The van der Waals surface area contributed by atoms with Gasteiger partial charge in [0, 0.05) is 27.9 Å². The fraction of sp³-hybridized carbons (Fsp3) is 0.0625. The second-order valence-electron chi connectivity index (χ2n) is 4.56. The Kier molecular flexibility index (Phi) is 3.66. The zero-order valence-electron chi connectivity index (χ0n) is 11.2. The van der Waals surface area contributed by atoms with Crippen LogP contribution in [-0.4, -0.2) is 21.7 Å². The topological polar surface area (TPSA) is 41.7 Å². The van der Waals surface area contributed by atoms with Crippen LogP contribution in [0.4, 0.5) is 0 Å². The Bertz CT molecular complexity index is 841. The quantitative estimate of drug-likeness (QED) is 0.713. The zero-order valence-corrected chi connectivity index (χ0v) is 12.8. The normalized spacial score (nSPS) is 11.0. The molecule has 3 aromatic rings. The standard InChI is InChI=1S/C16H12ClNO2S/c1-21-14-6-5-10(17)8-11(14)12-9-18-7-3-2-4-13(18)15(12)16(19)20/h2-9H,1H3,(H,19,20). The summed E-state index contributed by atoms with van der Waals surface area (Å²) < 4.78 is 1.82. The van der Waals surface area contributed by atoms with Gasteiger partial charge >= 0.3 is 5.97 Å². The molecule has 3 nitrogen and oxygen atoms in total. The van der Waals surface area contributed by atoms with E-state index in [-0.39, 0.29) is 0 Å². The molecule has 0 aliphatic carbocycles. The second kappa shape index (κ2) is 5.47. The molecule has 0 fully saturated rings. The summed E-state index contributed by atoms with van der Waals surface area (Å²) in [5, 5.41) is 10.2. The molecule has 106 valence electrons. The number of hydrogen-bond donors (Lipinski definition) is 1. The van der Waals surface area contributed by atoms with E-state index in [1.807, 2.05) is 53.4 Å². The summed E-state index contributed by atoms with van der Waals surface area (Å²) in [5.41, 5.74) is 2.50. The third-order valence-electron chi connectivity index (χ3n) is 3.35. The van der Waals surface area contributed by atoms with Crippen LogP contribution in [0, 0.1) is 0 Å². The summed E-state index contributed by atoms with van der Waals surface area (Å²) in [6.07, 6.45) is 5.64. The number of rotatable bonds is 3. The van der Waals surface area contributed by atoms with Crippen molar-refractivity contribution in [2.75, 3.05) is 6.26 Å². The monoisotopic (exact) mass is 317 g/mol. The van der Waals surface area contributed by atoms with Gasteiger partial charge in [0.2, 0.25) is 0 Å². The Morgan fingerprint density at radius 1 is 1.24 bits per heavy atom. The zero-order chi connectivity index (χ0) is 15.0. The van der Waals surface area contributed by atoms with Crippen molar-refractivity contribution in [3.63, 3.8) is 0 Å². The number of benzene rings is 1. The van der Waals surface area contributed by atoms with E-state index in [0.717, 1.165) is 10.5 Å². The number of carboxylic acids is 1. The number of hydrogen-bond acceptors (Lipinski definition) is 2. The third-order valence-corrected chi connectivity index (χ3v) is 4.38. The van der Waals surface area contributed by atoms with Gasteiger partial charge in [-0.3, -0.25) is 0 Å². The molecule has 5 heteroatoms. The van der Waals surface area contributed by atoms with E-state index in [2.05, 4.69) is 0 Å². The summed E-state index contributed by atoms with van der Waals surface area (Å²) in [5.74, 6) is -0.939. The number of thioether (sulfide) groups is 1. The molecular formula is C16H12ClNO2S. The van der Waals surface area contributed by atoms with Crippen molar-refractivity contribution in [1.82, 2.24) is 4.40 Å². The Balaban J connectivity index is 2.37. The molecule has 0 atom stereocenters. The fourth-order valence-corrected chi connectivity index (χ4v) is 3.21. The van der Waals surface area contributed by atoms with Crippen LogP contribution in [0.5, 0.6) is 0 Å². The lowest BCUT2D eigenvalue weighted by molar-refractivity contribution is 0.0700. The van der Waals surface area contributed by atoms with Gasteiger partial charge < -0.3 is 9.51 Å². The van der Waals surface area contributed by atoms with Crippen LogP contribution in [-0.2, 0) is 0 Å². The van der Waals surface area contributed by atoms with Crippen LogP contribution in [0.25, 0.3) is 16.6 Å². The molecule has 1 N–H and O–H groups in total. The van der Waals surface area contributed by atoms with Gasteiger partial charge in [0.15, 0.2) is 0 Å². The Morgan fingerprint density at radius 3 is 2.76 bits per heavy atom. The number of carboxylic acid groups (broad SMARTS) is 1. The fourth-order valence-electron chi connectivity index (χ4n) is 2.44. The Morgan fingerprint density at radius 2 is 2.05 bits per heavy atom. The number of aromatic nitrogens is 1. The maximum absolute atomic E-state index is 11.7. The summed E-state index contributed by atoms with van der Waals surface area (Å²) in [6, 6.07) is 11.0. The van der Waals surface area contributed by atoms with Crippen molar-refractivity contribution in [1.29, 1.82) is 0 Å². The Labute approximate surface area is 131 Å². The first-order chi connectivity index (χ1) is 10.1. The molecule has 0 saturated heterocycles. The summed E-state index contributed by atoms with van der Waals surface area (Å²) in [7, 11) is 0. The number of carbonyl (C=O) groups is 1. The van der Waals surface area contributed by atoms with Gasteiger partial charge in [-0.2, -0.15) is 0 Å². The van der Waals surface area contributed by atoms with Crippen LogP contribution in [0.1, 0.15) is 10.4 Å². The van der Waals surface area contributed by atoms with Crippen LogP contribution >= 0.6 is 23.4 Å². The van der Waals surface area contributed by atoms with E-state index < -0.39 is 5.97 Å². The van der Waals surface area contributed by atoms with Crippen LogP contribution in [0.2, 0.25) is 5.02 Å². The minimum absolute atomic E-state index is 0.299. The molecule has 2 aromatic heterocycles. The van der Waals surface area contributed by atoms with E-state index in [1.165, 1.54) is 0 Å². The van der Waals surface area contributed by atoms with Gasteiger partial charge in [0.05, 0.1) is 11.1 Å². The first-order valence-corrected chi connectivity index (χ1v) is 7.89. The van der Waals surface area contributed by atoms with E-state index in [9.17, 15) is 9.90 Å². The van der Waals surface area contributed by atoms with E-state index in [1.54, 1.807) is 17.8 Å². The van der Waals surface area contributed by atoms with E-state index >= 15 is 0 Å². The molecule has 21 heavy (non-hydrogen) atoms. The number of aromatic carboxylic acids is 1. The molecule has 0 radical (unpaired) electrons. The van der Waals surface area contributed by atoms with Gasteiger partial charge in [-0.25, -0.2) is 4.79 Å². The van der Waals surface area contributed by atoms with Gasteiger partial charge in [0.1, 0.15) is 0 Å². The lowest BCUT2D eigenvalue weighted by Crippen LogP contribution is -1.98. The molecule has 3 rings (SSSR count). The molecule has 0 aliphatic rings. The smallest absolute Gasteiger partial charge is 0.338 e. The lowest BCUT2D eigenvalue weighted by Gasteiger charge is -2.07.